The van der Waals surface area contributed by atoms with Crippen molar-refractivity contribution in [2.24, 2.45) is 5.73 Å². The van der Waals surface area contributed by atoms with Crippen LogP contribution in [0.25, 0.3) is 0 Å². The molecule has 0 aliphatic carbocycles. The molecule has 1 unspecified atom stereocenters. The average molecular weight is 254 g/mol. The summed E-state index contributed by atoms with van der Waals surface area (Å²) in [6.45, 7) is 1.06. The van der Waals surface area contributed by atoms with Gasteiger partial charge in [-0.1, -0.05) is 12.1 Å². The van der Waals surface area contributed by atoms with Crippen LogP contribution in [0.4, 0.5) is 8.78 Å². The minimum atomic E-state index is -0.936. The highest BCUT2D eigenvalue weighted by molar-refractivity contribution is 5.79. The number of likely N-dealkylation sites (tertiary alicyclic amines) is 1. The van der Waals surface area contributed by atoms with E-state index in [2.05, 4.69) is 0 Å². The largest absolute Gasteiger partial charge is 0.338 e. The second-order valence-electron chi connectivity index (χ2n) is 4.51. The number of amides is 1. The summed E-state index contributed by atoms with van der Waals surface area (Å²) in [6, 6.07) is 3.92. The number of carbonyl (C=O) groups excluding carboxylic acids is 1. The van der Waals surface area contributed by atoms with Crippen LogP contribution in [0.1, 0.15) is 18.4 Å². The second kappa shape index (κ2) is 5.44. The van der Waals surface area contributed by atoms with Crippen LogP contribution in [0, 0.1) is 11.6 Å². The molecule has 3 nitrogen and oxygen atoms in total. The third-order valence-electron chi connectivity index (χ3n) is 3.34. The van der Waals surface area contributed by atoms with Crippen LogP contribution in [-0.4, -0.2) is 29.9 Å². The number of nitrogens with two attached hydrogens (primary N) is 1. The molecule has 2 rings (SSSR count). The number of halogens is 2. The summed E-state index contributed by atoms with van der Waals surface area (Å²) in [5.41, 5.74) is 5.68. The number of rotatable bonds is 3. The van der Waals surface area contributed by atoms with Crippen LogP contribution >= 0.6 is 0 Å². The Morgan fingerprint density at radius 3 is 2.94 bits per heavy atom. The van der Waals surface area contributed by atoms with Gasteiger partial charge in [0.2, 0.25) is 5.91 Å². The highest BCUT2D eigenvalue weighted by atomic mass is 19.2. The fourth-order valence-electron chi connectivity index (χ4n) is 2.36. The smallest absolute Gasteiger partial charge is 0.227 e. The molecule has 1 heterocycles. The zero-order valence-electron chi connectivity index (χ0n) is 10.0. The highest BCUT2D eigenvalue weighted by Crippen LogP contribution is 2.19. The summed E-state index contributed by atoms with van der Waals surface area (Å²) >= 11 is 0. The number of hydrogen-bond donors (Lipinski definition) is 1. The Balaban J connectivity index is 2.09. The van der Waals surface area contributed by atoms with E-state index in [1.54, 1.807) is 4.90 Å². The van der Waals surface area contributed by atoms with E-state index in [0.29, 0.717) is 13.1 Å². The molecule has 0 spiro atoms. The first kappa shape index (κ1) is 13.0. The summed E-state index contributed by atoms with van der Waals surface area (Å²) in [6.07, 6.45) is 1.69. The van der Waals surface area contributed by atoms with Gasteiger partial charge in [-0.2, -0.15) is 0 Å². The topological polar surface area (TPSA) is 46.3 Å². The van der Waals surface area contributed by atoms with Crippen molar-refractivity contribution >= 4 is 5.91 Å². The Hall–Kier alpha value is -1.49. The highest BCUT2D eigenvalue weighted by Gasteiger charge is 2.28. The maximum absolute atomic E-state index is 13.5. The molecule has 98 valence electrons. The molecule has 0 aromatic heterocycles. The van der Waals surface area contributed by atoms with E-state index in [-0.39, 0.29) is 23.9 Å². The molecule has 1 aliphatic heterocycles. The maximum atomic E-state index is 13.5. The van der Waals surface area contributed by atoms with Gasteiger partial charge in [0.25, 0.3) is 0 Å². The predicted octanol–water partition coefficient (Wildman–Crippen LogP) is 1.46. The average Bonchev–Trinajstić information content (AvgIpc) is 2.83. The number of hydrogen-bond acceptors (Lipinski definition) is 2. The lowest BCUT2D eigenvalue weighted by molar-refractivity contribution is -0.131. The Morgan fingerprint density at radius 2 is 2.22 bits per heavy atom. The van der Waals surface area contributed by atoms with Crippen LogP contribution < -0.4 is 5.73 Å². The van der Waals surface area contributed by atoms with E-state index in [1.807, 2.05) is 0 Å². The van der Waals surface area contributed by atoms with Crippen molar-refractivity contribution < 1.29 is 13.6 Å². The Labute approximate surface area is 105 Å². The Kier molecular flexibility index (Phi) is 3.91. The van der Waals surface area contributed by atoms with Gasteiger partial charge in [0.15, 0.2) is 11.6 Å². The van der Waals surface area contributed by atoms with Crippen LogP contribution in [0.5, 0.6) is 0 Å². The third kappa shape index (κ3) is 2.51. The van der Waals surface area contributed by atoms with Crippen LogP contribution in [-0.2, 0) is 11.2 Å². The van der Waals surface area contributed by atoms with Gasteiger partial charge in [-0.05, 0) is 18.9 Å². The summed E-state index contributed by atoms with van der Waals surface area (Å²) in [4.78, 5) is 13.7. The van der Waals surface area contributed by atoms with Crippen molar-refractivity contribution in [3.63, 3.8) is 0 Å². The molecule has 1 aromatic rings. The van der Waals surface area contributed by atoms with Crippen molar-refractivity contribution in [3.8, 4) is 0 Å². The van der Waals surface area contributed by atoms with Gasteiger partial charge >= 0.3 is 0 Å². The van der Waals surface area contributed by atoms with E-state index in [0.717, 1.165) is 18.9 Å². The van der Waals surface area contributed by atoms with Gasteiger partial charge in [-0.15, -0.1) is 0 Å². The van der Waals surface area contributed by atoms with Crippen LogP contribution in [0.15, 0.2) is 18.2 Å². The first-order valence-electron chi connectivity index (χ1n) is 6.06. The molecule has 1 atom stereocenters. The number of carbonyl (C=O) groups is 1. The Morgan fingerprint density at radius 1 is 1.44 bits per heavy atom. The maximum Gasteiger partial charge on any atom is 0.227 e. The van der Waals surface area contributed by atoms with Gasteiger partial charge in [0, 0.05) is 24.7 Å². The van der Waals surface area contributed by atoms with Gasteiger partial charge in [-0.3, -0.25) is 4.79 Å². The molecule has 2 N–H and O–H groups in total. The summed E-state index contributed by atoms with van der Waals surface area (Å²) in [5.74, 6) is -2.04. The van der Waals surface area contributed by atoms with Crippen molar-refractivity contribution in [3.05, 3.63) is 35.4 Å². The molecule has 1 saturated heterocycles. The molecule has 1 aliphatic rings. The van der Waals surface area contributed by atoms with Crippen molar-refractivity contribution in [1.82, 2.24) is 4.90 Å². The van der Waals surface area contributed by atoms with E-state index in [1.165, 1.54) is 12.1 Å². The molecule has 1 fully saturated rings. The Bertz CT molecular complexity index is 451. The standard InChI is InChI=1S/C13H16F2N2O/c14-11-5-1-3-9(13(11)15)7-12(18)17-6-2-4-10(17)8-16/h1,3,5,10H,2,4,6-8,16H2. The first-order chi connectivity index (χ1) is 8.63. The van der Waals surface area contributed by atoms with E-state index in [4.69, 9.17) is 5.73 Å². The van der Waals surface area contributed by atoms with E-state index < -0.39 is 11.6 Å². The zero-order valence-corrected chi connectivity index (χ0v) is 10.0. The van der Waals surface area contributed by atoms with Gasteiger partial charge in [0.05, 0.1) is 6.42 Å². The lowest BCUT2D eigenvalue weighted by Crippen LogP contribution is -2.40. The molecule has 1 amide bonds. The van der Waals surface area contributed by atoms with E-state index >= 15 is 0 Å². The fourth-order valence-corrected chi connectivity index (χ4v) is 2.36. The van der Waals surface area contributed by atoms with Crippen molar-refractivity contribution in [2.75, 3.05) is 13.1 Å². The predicted molar refractivity (Wildman–Crippen MR) is 63.9 cm³/mol. The second-order valence-corrected chi connectivity index (χ2v) is 4.51. The molecular formula is C13H16F2N2O. The number of benzene rings is 1. The molecule has 18 heavy (non-hydrogen) atoms. The zero-order chi connectivity index (χ0) is 13.1. The summed E-state index contributed by atoms with van der Waals surface area (Å²) < 4.78 is 26.5. The first-order valence-corrected chi connectivity index (χ1v) is 6.06. The monoisotopic (exact) mass is 254 g/mol. The molecule has 0 bridgehead atoms. The lowest BCUT2D eigenvalue weighted by atomic mass is 10.1. The lowest BCUT2D eigenvalue weighted by Gasteiger charge is -2.23. The molecule has 0 radical (unpaired) electrons. The fraction of sp³-hybridized carbons (Fsp3) is 0.462. The third-order valence-corrected chi connectivity index (χ3v) is 3.34. The SMILES string of the molecule is NCC1CCCN1C(=O)Cc1cccc(F)c1F. The molecular weight excluding hydrogens is 238 g/mol. The number of nitrogens with zero attached hydrogens (tertiary/aromatic N) is 1. The van der Waals surface area contributed by atoms with Gasteiger partial charge in [-0.25, -0.2) is 8.78 Å². The van der Waals surface area contributed by atoms with Crippen LogP contribution in [0.2, 0.25) is 0 Å². The quantitative estimate of drug-likeness (QED) is 0.887. The van der Waals surface area contributed by atoms with Crippen molar-refractivity contribution in [1.29, 1.82) is 0 Å². The van der Waals surface area contributed by atoms with Gasteiger partial charge < -0.3 is 10.6 Å². The molecule has 5 heteroatoms. The summed E-state index contributed by atoms with van der Waals surface area (Å²) in [7, 11) is 0. The minimum Gasteiger partial charge on any atom is -0.338 e. The summed E-state index contributed by atoms with van der Waals surface area (Å²) in [5, 5.41) is 0. The molecule has 0 saturated carbocycles. The van der Waals surface area contributed by atoms with E-state index in [9.17, 15) is 13.6 Å². The minimum absolute atomic E-state index is 0.0362. The van der Waals surface area contributed by atoms with Gasteiger partial charge in [0.1, 0.15) is 0 Å². The van der Waals surface area contributed by atoms with Crippen molar-refractivity contribution in [2.45, 2.75) is 25.3 Å². The van der Waals surface area contributed by atoms with Crippen LogP contribution in [0.3, 0.4) is 0 Å². The normalized spacial score (nSPS) is 19.3. The molecule has 1 aromatic carbocycles.